The molecule has 0 spiro atoms. The summed E-state index contributed by atoms with van der Waals surface area (Å²) in [4.78, 5) is 18.3. The van der Waals surface area contributed by atoms with Gasteiger partial charge in [0.05, 0.1) is 19.3 Å². The van der Waals surface area contributed by atoms with Crippen LogP contribution in [-0.2, 0) is 11.3 Å². The van der Waals surface area contributed by atoms with Crippen LogP contribution in [0.1, 0.15) is 12.0 Å². The summed E-state index contributed by atoms with van der Waals surface area (Å²) in [5.74, 6) is 1.21. The van der Waals surface area contributed by atoms with Crippen LogP contribution in [0.25, 0.3) is 17.0 Å². The maximum atomic E-state index is 12.6. The van der Waals surface area contributed by atoms with E-state index in [0.29, 0.717) is 11.8 Å². The number of benzene rings is 2. The van der Waals surface area contributed by atoms with Gasteiger partial charge < -0.3 is 14.0 Å². The number of hydrogen-bond acceptors (Lipinski definition) is 5. The number of carbonyl (C=O) groups is 1. The van der Waals surface area contributed by atoms with Crippen LogP contribution < -0.4 is 9.47 Å². The summed E-state index contributed by atoms with van der Waals surface area (Å²) < 4.78 is 13.4. The molecule has 0 atom stereocenters. The molecule has 0 saturated heterocycles. The molecule has 1 aromatic heterocycles. The Balaban J connectivity index is 1.36. The molecule has 0 saturated carbocycles. The monoisotopic (exact) mass is 458 g/mol. The zero-order valence-corrected chi connectivity index (χ0v) is 18.8. The van der Waals surface area contributed by atoms with Gasteiger partial charge in [0, 0.05) is 35.4 Å². The summed E-state index contributed by atoms with van der Waals surface area (Å²) in [5, 5.41) is 11.9. The van der Waals surface area contributed by atoms with Gasteiger partial charge in [0.15, 0.2) is 16.7 Å². The zero-order chi connectivity index (χ0) is 22.8. The van der Waals surface area contributed by atoms with Crippen molar-refractivity contribution in [2.24, 2.45) is 4.99 Å². The molecule has 0 aliphatic carbocycles. The molecule has 1 N–H and O–H groups in total. The van der Waals surface area contributed by atoms with Crippen LogP contribution in [0, 0.1) is 5.41 Å². The molecule has 0 fully saturated rings. The minimum absolute atomic E-state index is 0.147. The van der Waals surface area contributed by atoms with E-state index in [1.807, 2.05) is 54.1 Å². The van der Waals surface area contributed by atoms with Crippen molar-refractivity contribution in [3.05, 3.63) is 77.5 Å². The standard InChI is InChI=1S/C25H22N4O3S/c1-31-21-9-4-5-10-22(21)32-13-6-11-28-16-17(18-7-2-3-8-20(18)28)15-19-23(26)29-12-14-33-25(29)27-24(19)30/h2-5,7-10,12,14-16,26H,6,11,13H2,1H3. The molecule has 0 unspecified atom stereocenters. The highest BCUT2D eigenvalue weighted by Crippen LogP contribution is 2.30. The maximum absolute atomic E-state index is 12.6. The summed E-state index contributed by atoms with van der Waals surface area (Å²) in [5.41, 5.74) is 2.24. The Labute approximate surface area is 195 Å². The topological polar surface area (TPSA) is 79.9 Å². The second-order valence-electron chi connectivity index (χ2n) is 7.53. The average Bonchev–Trinajstić information content (AvgIpc) is 3.44. The Morgan fingerprint density at radius 3 is 2.76 bits per heavy atom. The van der Waals surface area contributed by atoms with Crippen LogP contribution in [0.3, 0.4) is 0 Å². The van der Waals surface area contributed by atoms with E-state index in [9.17, 15) is 4.79 Å². The molecular formula is C25H22N4O3S. The summed E-state index contributed by atoms with van der Waals surface area (Å²) in [6.45, 7) is 1.29. The van der Waals surface area contributed by atoms with Gasteiger partial charge in [-0.25, -0.2) is 0 Å². The first-order valence-electron chi connectivity index (χ1n) is 10.6. The highest BCUT2D eigenvalue weighted by Gasteiger charge is 2.31. The third-order valence-electron chi connectivity index (χ3n) is 5.50. The Kier molecular flexibility index (Phi) is 5.75. The molecular weight excluding hydrogens is 436 g/mol. The number of thioether (sulfide) groups is 1. The van der Waals surface area contributed by atoms with E-state index in [4.69, 9.17) is 14.9 Å². The molecule has 7 nitrogen and oxygen atoms in total. The molecule has 0 bridgehead atoms. The first-order chi connectivity index (χ1) is 16.2. The van der Waals surface area contributed by atoms with Gasteiger partial charge in [0.1, 0.15) is 5.84 Å². The number of methoxy groups -OCH3 is 1. The van der Waals surface area contributed by atoms with Crippen molar-refractivity contribution in [2.45, 2.75) is 13.0 Å². The molecule has 5 rings (SSSR count). The van der Waals surface area contributed by atoms with Gasteiger partial charge in [-0.1, -0.05) is 42.1 Å². The molecule has 2 aliphatic heterocycles. The quantitative estimate of drug-likeness (QED) is 0.403. The number of rotatable bonds is 7. The zero-order valence-electron chi connectivity index (χ0n) is 18.0. The molecule has 3 heterocycles. The predicted octanol–water partition coefficient (Wildman–Crippen LogP) is 4.90. The number of aliphatic imine (C=N–C) groups is 1. The number of nitrogens with zero attached hydrogens (tertiary/aromatic N) is 3. The van der Waals surface area contributed by atoms with Gasteiger partial charge in [0.25, 0.3) is 5.91 Å². The minimum atomic E-state index is -0.385. The van der Waals surface area contributed by atoms with E-state index in [1.54, 1.807) is 24.3 Å². The summed E-state index contributed by atoms with van der Waals surface area (Å²) >= 11 is 1.34. The summed E-state index contributed by atoms with van der Waals surface area (Å²) in [6, 6.07) is 15.7. The van der Waals surface area contributed by atoms with E-state index >= 15 is 0 Å². The van der Waals surface area contributed by atoms with Crippen molar-refractivity contribution in [1.82, 2.24) is 9.47 Å². The smallest absolute Gasteiger partial charge is 0.283 e. The van der Waals surface area contributed by atoms with Gasteiger partial charge in [-0.15, -0.1) is 0 Å². The second-order valence-corrected chi connectivity index (χ2v) is 8.40. The third-order valence-corrected chi connectivity index (χ3v) is 6.26. The number of amidine groups is 2. The van der Waals surface area contributed by atoms with E-state index < -0.39 is 0 Å². The predicted molar refractivity (Wildman–Crippen MR) is 132 cm³/mol. The van der Waals surface area contributed by atoms with Crippen molar-refractivity contribution in [3.8, 4) is 11.5 Å². The molecule has 0 radical (unpaired) electrons. The number of nitrogens with one attached hydrogen (secondary N) is 1. The number of aromatic nitrogens is 1. The largest absolute Gasteiger partial charge is 0.493 e. The summed E-state index contributed by atoms with van der Waals surface area (Å²) in [6.07, 6.45) is 6.35. The van der Waals surface area contributed by atoms with Gasteiger partial charge in [0.2, 0.25) is 0 Å². The average molecular weight is 459 g/mol. The van der Waals surface area contributed by atoms with Crippen molar-refractivity contribution in [3.63, 3.8) is 0 Å². The third kappa shape index (κ3) is 4.05. The van der Waals surface area contributed by atoms with E-state index in [0.717, 1.165) is 40.9 Å². The molecule has 2 aromatic carbocycles. The minimum Gasteiger partial charge on any atom is -0.493 e. The first-order valence-corrected chi connectivity index (χ1v) is 11.4. The first kappa shape index (κ1) is 21.1. The Morgan fingerprint density at radius 2 is 1.91 bits per heavy atom. The van der Waals surface area contributed by atoms with Gasteiger partial charge in [-0.05, 0) is 36.1 Å². The molecule has 2 aliphatic rings. The van der Waals surface area contributed by atoms with Crippen LogP contribution in [0.2, 0.25) is 0 Å². The number of amides is 1. The number of carbonyl (C=O) groups excluding carboxylic acids is 1. The second kappa shape index (κ2) is 8.99. The molecule has 166 valence electrons. The van der Waals surface area contributed by atoms with E-state index in [2.05, 4.69) is 15.6 Å². The van der Waals surface area contributed by atoms with Crippen LogP contribution in [0.15, 0.2) is 76.9 Å². The van der Waals surface area contributed by atoms with Gasteiger partial charge >= 0.3 is 0 Å². The van der Waals surface area contributed by atoms with Crippen LogP contribution >= 0.6 is 11.8 Å². The Morgan fingerprint density at radius 1 is 1.12 bits per heavy atom. The van der Waals surface area contributed by atoms with Crippen LogP contribution in [0.5, 0.6) is 11.5 Å². The number of ether oxygens (including phenoxy) is 2. The molecule has 1 amide bonds. The van der Waals surface area contributed by atoms with Gasteiger partial charge in [-0.2, -0.15) is 4.99 Å². The number of aryl methyl sites for hydroxylation is 1. The normalized spacial score (nSPS) is 16.5. The lowest BCUT2D eigenvalue weighted by Gasteiger charge is -2.22. The van der Waals surface area contributed by atoms with Crippen LogP contribution in [0.4, 0.5) is 0 Å². The lowest BCUT2D eigenvalue weighted by atomic mass is 10.1. The van der Waals surface area contributed by atoms with Crippen molar-refractivity contribution >= 4 is 45.7 Å². The fourth-order valence-corrected chi connectivity index (χ4v) is 4.62. The van der Waals surface area contributed by atoms with E-state index in [-0.39, 0.29) is 17.3 Å². The highest BCUT2D eigenvalue weighted by molar-refractivity contribution is 8.16. The Hall–Kier alpha value is -3.78. The highest BCUT2D eigenvalue weighted by atomic mass is 32.2. The van der Waals surface area contributed by atoms with Crippen molar-refractivity contribution < 1.29 is 14.3 Å². The lowest BCUT2D eigenvalue weighted by molar-refractivity contribution is -0.114. The number of para-hydroxylation sites is 3. The van der Waals surface area contributed by atoms with Crippen molar-refractivity contribution in [1.29, 1.82) is 5.41 Å². The van der Waals surface area contributed by atoms with Gasteiger partial charge in [-0.3, -0.25) is 15.1 Å². The molecule has 8 heteroatoms. The van der Waals surface area contributed by atoms with E-state index in [1.165, 1.54) is 11.8 Å². The lowest BCUT2D eigenvalue weighted by Crippen LogP contribution is -2.35. The van der Waals surface area contributed by atoms with Crippen molar-refractivity contribution in [2.75, 3.05) is 13.7 Å². The fraction of sp³-hybridized carbons (Fsp3) is 0.160. The van der Waals surface area contributed by atoms with Crippen LogP contribution in [-0.4, -0.2) is 40.1 Å². The molecule has 3 aromatic rings. The number of fused-ring (bicyclic) bond motifs is 2. The Bertz CT molecular complexity index is 1340. The SMILES string of the molecule is COc1ccccc1OCCCn1cc(C=C2C(=N)N3C=CSC3=NC2=O)c2ccccc21. The maximum Gasteiger partial charge on any atom is 0.283 e. The summed E-state index contributed by atoms with van der Waals surface area (Å²) in [7, 11) is 1.63. The fourth-order valence-electron chi connectivity index (χ4n) is 3.92. The number of hydrogen-bond donors (Lipinski definition) is 1. The molecule has 33 heavy (non-hydrogen) atoms.